The Kier molecular flexibility index (Phi) is 5.71. The maximum absolute atomic E-state index is 5.99. The molecule has 1 atom stereocenters. The van der Waals surface area contributed by atoms with Crippen molar-refractivity contribution in [2.75, 3.05) is 19.0 Å². The first-order valence-electron chi connectivity index (χ1n) is 7.48. The first kappa shape index (κ1) is 14.9. The minimum absolute atomic E-state index is 0.407. The molecule has 1 unspecified atom stereocenters. The number of nitrogens with zero attached hydrogens (tertiary/aromatic N) is 2. The van der Waals surface area contributed by atoms with Crippen molar-refractivity contribution < 1.29 is 4.42 Å². The van der Waals surface area contributed by atoms with Gasteiger partial charge in [0.15, 0.2) is 6.39 Å². The third-order valence-corrected chi connectivity index (χ3v) is 4.95. The summed E-state index contributed by atoms with van der Waals surface area (Å²) in [5.74, 6) is 2.21. The molecule has 0 amide bonds. The Balaban J connectivity index is 2.10. The van der Waals surface area contributed by atoms with Crippen molar-refractivity contribution in [1.29, 1.82) is 0 Å². The van der Waals surface area contributed by atoms with E-state index in [4.69, 9.17) is 16.0 Å². The highest BCUT2D eigenvalue weighted by atomic mass is 35.5. The van der Waals surface area contributed by atoms with Gasteiger partial charge in [-0.2, -0.15) is 0 Å². The van der Waals surface area contributed by atoms with Crippen LogP contribution in [0.5, 0.6) is 0 Å². The second-order valence-corrected chi connectivity index (χ2v) is 5.82. The van der Waals surface area contributed by atoms with Crippen LogP contribution in [0.15, 0.2) is 17.1 Å². The molecule has 3 nitrogen and oxygen atoms in total. The van der Waals surface area contributed by atoms with E-state index >= 15 is 0 Å². The molecule has 0 N–H and O–H groups in total. The maximum Gasteiger partial charge on any atom is 0.180 e. The van der Waals surface area contributed by atoms with Crippen LogP contribution in [0.3, 0.4) is 0 Å². The third-order valence-electron chi connectivity index (χ3n) is 4.52. The van der Waals surface area contributed by atoms with Gasteiger partial charge in [-0.3, -0.25) is 4.90 Å². The van der Waals surface area contributed by atoms with E-state index in [1.54, 1.807) is 6.39 Å². The van der Waals surface area contributed by atoms with Gasteiger partial charge >= 0.3 is 0 Å². The molecule has 0 bridgehead atoms. The smallest absolute Gasteiger partial charge is 0.180 e. The highest BCUT2D eigenvalue weighted by molar-refractivity contribution is 6.18. The highest BCUT2D eigenvalue weighted by Crippen LogP contribution is 2.39. The molecule has 1 fully saturated rings. The second-order valence-electron chi connectivity index (χ2n) is 5.51. The lowest BCUT2D eigenvalue weighted by atomic mass is 9.78. The minimum atomic E-state index is 0.407. The molecule has 2 rings (SSSR count). The van der Waals surface area contributed by atoms with E-state index in [0.29, 0.717) is 17.9 Å². The Morgan fingerprint density at radius 2 is 2.00 bits per heavy atom. The van der Waals surface area contributed by atoms with E-state index in [9.17, 15) is 0 Å². The fourth-order valence-corrected chi connectivity index (χ4v) is 3.68. The summed E-state index contributed by atoms with van der Waals surface area (Å²) in [5.41, 5.74) is 1.10. The predicted molar refractivity (Wildman–Crippen MR) is 78.3 cm³/mol. The molecule has 0 aliphatic heterocycles. The van der Waals surface area contributed by atoms with Crippen molar-refractivity contribution in [1.82, 2.24) is 9.88 Å². The molecule has 0 aromatic carbocycles. The molecule has 4 heteroatoms. The first-order chi connectivity index (χ1) is 9.30. The number of hydrogen-bond acceptors (Lipinski definition) is 3. The Morgan fingerprint density at radius 3 is 2.47 bits per heavy atom. The molecule has 1 aliphatic carbocycles. The molecule has 1 aliphatic rings. The van der Waals surface area contributed by atoms with Crippen LogP contribution in [-0.4, -0.2) is 28.9 Å². The molecule has 1 aromatic heterocycles. The predicted octanol–water partition coefficient (Wildman–Crippen LogP) is 4.10. The molecule has 0 radical (unpaired) electrons. The van der Waals surface area contributed by atoms with Crippen LogP contribution in [0, 0.1) is 11.8 Å². The van der Waals surface area contributed by atoms with Crippen molar-refractivity contribution in [2.45, 2.75) is 45.6 Å². The number of halogens is 1. The van der Waals surface area contributed by atoms with E-state index in [1.807, 2.05) is 6.26 Å². The van der Waals surface area contributed by atoms with Gasteiger partial charge in [-0.25, -0.2) is 4.98 Å². The Morgan fingerprint density at radius 1 is 1.32 bits per heavy atom. The normalized spacial score (nSPS) is 25.7. The maximum atomic E-state index is 5.99. The van der Waals surface area contributed by atoms with Gasteiger partial charge in [-0.05, 0) is 50.6 Å². The highest BCUT2D eigenvalue weighted by Gasteiger charge is 2.32. The van der Waals surface area contributed by atoms with Crippen LogP contribution in [0.25, 0.3) is 0 Å². The lowest BCUT2D eigenvalue weighted by Crippen LogP contribution is -2.35. The topological polar surface area (TPSA) is 29.3 Å². The zero-order valence-electron chi connectivity index (χ0n) is 12.0. The standard InChI is InChI=1S/C15H25ClN2O/c1-3-18(4-2)15(14-10-19-11-17-14)13-7-5-12(9-16)6-8-13/h10-13,15H,3-9H2,1-2H3. The van der Waals surface area contributed by atoms with Crippen LogP contribution in [0.2, 0.25) is 0 Å². The van der Waals surface area contributed by atoms with E-state index < -0.39 is 0 Å². The fraction of sp³-hybridized carbons (Fsp3) is 0.800. The van der Waals surface area contributed by atoms with Gasteiger partial charge in [0.2, 0.25) is 0 Å². The van der Waals surface area contributed by atoms with Crippen molar-refractivity contribution in [3.05, 3.63) is 18.4 Å². The number of alkyl halides is 1. The number of rotatable bonds is 6. The third kappa shape index (κ3) is 3.51. The molecule has 0 spiro atoms. The van der Waals surface area contributed by atoms with Crippen LogP contribution >= 0.6 is 11.6 Å². The Bertz CT molecular complexity index is 343. The Hall–Kier alpha value is -0.540. The molecule has 1 aromatic rings. The van der Waals surface area contributed by atoms with E-state index in [2.05, 4.69) is 23.7 Å². The van der Waals surface area contributed by atoms with Crippen molar-refractivity contribution in [3.63, 3.8) is 0 Å². The van der Waals surface area contributed by atoms with Crippen LogP contribution in [0.1, 0.15) is 51.3 Å². The molecular weight excluding hydrogens is 260 g/mol. The van der Waals surface area contributed by atoms with E-state index in [-0.39, 0.29) is 0 Å². The van der Waals surface area contributed by atoms with Gasteiger partial charge in [0.05, 0.1) is 11.7 Å². The average molecular weight is 285 g/mol. The van der Waals surface area contributed by atoms with Crippen molar-refractivity contribution >= 4 is 11.6 Å². The Labute approximate surface area is 121 Å². The summed E-state index contributed by atoms with van der Waals surface area (Å²) >= 11 is 5.99. The molecule has 1 saturated carbocycles. The van der Waals surface area contributed by atoms with Gasteiger partial charge in [0.1, 0.15) is 6.26 Å². The van der Waals surface area contributed by atoms with Gasteiger partial charge in [0, 0.05) is 5.88 Å². The summed E-state index contributed by atoms with van der Waals surface area (Å²) in [7, 11) is 0. The second kappa shape index (κ2) is 7.30. The fourth-order valence-electron chi connectivity index (χ4n) is 3.37. The van der Waals surface area contributed by atoms with Crippen molar-refractivity contribution in [3.8, 4) is 0 Å². The number of aromatic nitrogens is 1. The van der Waals surface area contributed by atoms with Gasteiger partial charge in [-0.1, -0.05) is 13.8 Å². The molecule has 1 heterocycles. The van der Waals surface area contributed by atoms with E-state index in [1.165, 1.54) is 25.7 Å². The van der Waals surface area contributed by atoms with Crippen LogP contribution in [0.4, 0.5) is 0 Å². The summed E-state index contributed by atoms with van der Waals surface area (Å²) in [6.45, 7) is 6.56. The average Bonchev–Trinajstić information content (AvgIpc) is 2.98. The quantitative estimate of drug-likeness (QED) is 0.737. The first-order valence-corrected chi connectivity index (χ1v) is 8.01. The molecule has 19 heavy (non-hydrogen) atoms. The van der Waals surface area contributed by atoms with Gasteiger partial charge in [0.25, 0.3) is 0 Å². The lowest BCUT2D eigenvalue weighted by Gasteiger charge is -2.38. The zero-order chi connectivity index (χ0) is 13.7. The largest absolute Gasteiger partial charge is 0.451 e. The zero-order valence-corrected chi connectivity index (χ0v) is 12.8. The van der Waals surface area contributed by atoms with Crippen LogP contribution < -0.4 is 0 Å². The molecule has 108 valence electrons. The summed E-state index contributed by atoms with van der Waals surface area (Å²) < 4.78 is 5.21. The molecular formula is C15H25ClN2O. The monoisotopic (exact) mass is 284 g/mol. The number of hydrogen-bond donors (Lipinski definition) is 0. The SMILES string of the molecule is CCN(CC)C(c1cocn1)C1CCC(CCl)CC1. The summed E-state index contributed by atoms with van der Waals surface area (Å²) in [4.78, 5) is 6.92. The lowest BCUT2D eigenvalue weighted by molar-refractivity contribution is 0.114. The van der Waals surface area contributed by atoms with Crippen molar-refractivity contribution in [2.24, 2.45) is 11.8 Å². The number of oxazole rings is 1. The summed E-state index contributed by atoms with van der Waals surface area (Å²) in [5, 5.41) is 0. The molecule has 0 saturated heterocycles. The van der Waals surface area contributed by atoms with E-state index in [0.717, 1.165) is 24.7 Å². The van der Waals surface area contributed by atoms with Gasteiger partial charge < -0.3 is 4.42 Å². The van der Waals surface area contributed by atoms with Crippen LogP contribution in [-0.2, 0) is 0 Å². The minimum Gasteiger partial charge on any atom is -0.451 e. The van der Waals surface area contributed by atoms with Gasteiger partial charge in [-0.15, -0.1) is 11.6 Å². The summed E-state index contributed by atoms with van der Waals surface area (Å²) in [6.07, 6.45) is 8.39. The summed E-state index contributed by atoms with van der Waals surface area (Å²) in [6, 6.07) is 0.407.